The fraction of sp³-hybridized carbons (Fsp3) is 0.500. The van der Waals surface area contributed by atoms with Gasteiger partial charge in [0.2, 0.25) is 0 Å². The zero-order valence-corrected chi connectivity index (χ0v) is 11.2. The molecule has 3 rings (SSSR count). The Labute approximate surface area is 115 Å². The van der Waals surface area contributed by atoms with Crippen LogP contribution in [0.2, 0.25) is 0 Å². The molecule has 19 heavy (non-hydrogen) atoms. The zero-order valence-electron chi connectivity index (χ0n) is 10.5. The van der Waals surface area contributed by atoms with Crippen LogP contribution in [0.25, 0.3) is 5.52 Å². The SMILES string of the molecule is C[C@H]1C[C@@H](CO)O[C@H]1c1ccc2c(NCl)ncnn12. The Hall–Kier alpha value is -1.37. The van der Waals surface area contributed by atoms with Gasteiger partial charge in [0.05, 0.1) is 18.4 Å². The Kier molecular flexibility index (Phi) is 3.30. The van der Waals surface area contributed by atoms with Crippen LogP contribution in [-0.4, -0.2) is 32.4 Å². The number of hydrogen-bond donors (Lipinski definition) is 2. The molecule has 102 valence electrons. The highest BCUT2D eigenvalue weighted by Crippen LogP contribution is 2.38. The highest BCUT2D eigenvalue weighted by Gasteiger charge is 2.34. The number of aromatic nitrogens is 3. The van der Waals surface area contributed by atoms with Gasteiger partial charge in [-0.25, -0.2) is 9.50 Å². The van der Waals surface area contributed by atoms with Crippen LogP contribution < -0.4 is 4.84 Å². The van der Waals surface area contributed by atoms with Crippen LogP contribution >= 0.6 is 11.8 Å². The van der Waals surface area contributed by atoms with Crippen molar-refractivity contribution in [1.82, 2.24) is 14.6 Å². The summed E-state index contributed by atoms with van der Waals surface area (Å²) in [6.07, 6.45) is 2.13. The third-order valence-corrected chi connectivity index (χ3v) is 3.74. The molecule has 1 aliphatic rings. The van der Waals surface area contributed by atoms with Gasteiger partial charge in [-0.15, -0.1) is 0 Å². The van der Waals surface area contributed by atoms with E-state index >= 15 is 0 Å². The lowest BCUT2D eigenvalue weighted by atomic mass is 10.00. The zero-order chi connectivity index (χ0) is 13.4. The number of hydrogen-bond acceptors (Lipinski definition) is 5. The highest BCUT2D eigenvalue weighted by atomic mass is 35.5. The van der Waals surface area contributed by atoms with Gasteiger partial charge in [0, 0.05) is 11.8 Å². The van der Waals surface area contributed by atoms with Gasteiger partial charge in [0.1, 0.15) is 17.9 Å². The Morgan fingerprint density at radius 3 is 3.11 bits per heavy atom. The quantitative estimate of drug-likeness (QED) is 0.839. The molecule has 7 heteroatoms. The van der Waals surface area contributed by atoms with Crippen LogP contribution in [0.3, 0.4) is 0 Å². The molecule has 0 radical (unpaired) electrons. The minimum atomic E-state index is -0.0991. The summed E-state index contributed by atoms with van der Waals surface area (Å²) >= 11 is 5.63. The van der Waals surface area contributed by atoms with Gasteiger partial charge in [-0.2, -0.15) is 5.10 Å². The summed E-state index contributed by atoms with van der Waals surface area (Å²) in [4.78, 5) is 6.58. The first-order valence-electron chi connectivity index (χ1n) is 6.20. The lowest BCUT2D eigenvalue weighted by Gasteiger charge is -2.15. The smallest absolute Gasteiger partial charge is 0.168 e. The number of aliphatic hydroxyl groups excluding tert-OH is 1. The van der Waals surface area contributed by atoms with Crippen LogP contribution in [-0.2, 0) is 4.74 Å². The summed E-state index contributed by atoms with van der Waals surface area (Å²) in [5.41, 5.74) is 1.75. The number of fused-ring (bicyclic) bond motifs is 1. The maximum absolute atomic E-state index is 9.21. The minimum Gasteiger partial charge on any atom is -0.394 e. The molecule has 0 saturated carbocycles. The first kappa shape index (κ1) is 12.7. The summed E-state index contributed by atoms with van der Waals surface area (Å²) in [6.45, 7) is 2.16. The van der Waals surface area contributed by atoms with Crippen LogP contribution in [0.5, 0.6) is 0 Å². The molecule has 2 N–H and O–H groups in total. The second-order valence-corrected chi connectivity index (χ2v) is 5.02. The molecule has 6 nitrogen and oxygen atoms in total. The first-order chi connectivity index (χ1) is 9.24. The summed E-state index contributed by atoms with van der Waals surface area (Å²) in [5.74, 6) is 0.893. The monoisotopic (exact) mass is 282 g/mol. The van der Waals surface area contributed by atoms with Crippen LogP contribution in [0, 0.1) is 5.92 Å². The number of nitrogens with zero attached hydrogens (tertiary/aromatic N) is 3. The molecule has 2 aromatic heterocycles. The average molecular weight is 283 g/mol. The number of rotatable bonds is 3. The maximum Gasteiger partial charge on any atom is 0.168 e. The molecule has 0 amide bonds. The third kappa shape index (κ3) is 2.05. The fourth-order valence-corrected chi connectivity index (χ4v) is 2.80. The molecule has 1 aliphatic heterocycles. The van der Waals surface area contributed by atoms with Crippen molar-refractivity contribution in [2.24, 2.45) is 5.92 Å². The summed E-state index contributed by atoms with van der Waals surface area (Å²) in [6, 6.07) is 3.87. The third-order valence-electron chi connectivity index (χ3n) is 3.56. The standard InChI is InChI=1S/C12H15ClN4O2/c1-7-4-8(5-18)19-11(7)9-2-3-10-12(16-13)14-6-15-17(9)10/h2-3,6-8,11,18H,4-5H2,1H3,(H,14,15,16)/t7-,8-,11+/m0/s1. The molecule has 3 heterocycles. The molecule has 0 aliphatic carbocycles. The van der Waals surface area contributed by atoms with Crippen molar-refractivity contribution < 1.29 is 9.84 Å². The molecule has 0 unspecified atom stereocenters. The summed E-state index contributed by atoms with van der Waals surface area (Å²) in [7, 11) is 0. The van der Waals surface area contributed by atoms with Crippen molar-refractivity contribution in [2.75, 3.05) is 11.4 Å². The van der Waals surface area contributed by atoms with Gasteiger partial charge in [-0.3, -0.25) is 4.84 Å². The Bertz CT molecular complexity index is 588. The van der Waals surface area contributed by atoms with E-state index in [-0.39, 0.29) is 18.8 Å². The van der Waals surface area contributed by atoms with E-state index in [1.54, 1.807) is 4.52 Å². The van der Waals surface area contributed by atoms with Gasteiger partial charge >= 0.3 is 0 Å². The minimum absolute atomic E-state index is 0.0492. The Morgan fingerprint density at radius 1 is 1.58 bits per heavy atom. The second kappa shape index (κ2) is 4.96. The van der Waals surface area contributed by atoms with Crippen molar-refractivity contribution in [2.45, 2.75) is 25.6 Å². The van der Waals surface area contributed by atoms with Crippen molar-refractivity contribution in [3.8, 4) is 0 Å². The summed E-state index contributed by atoms with van der Waals surface area (Å²) < 4.78 is 7.64. The molecule has 2 aromatic rings. The van der Waals surface area contributed by atoms with E-state index in [1.165, 1.54) is 6.33 Å². The van der Waals surface area contributed by atoms with Crippen molar-refractivity contribution in [1.29, 1.82) is 0 Å². The van der Waals surface area contributed by atoms with E-state index in [1.807, 2.05) is 12.1 Å². The van der Waals surface area contributed by atoms with Crippen LogP contribution in [0.4, 0.5) is 5.82 Å². The predicted octanol–water partition coefficient (Wildman–Crippen LogP) is 1.75. The van der Waals surface area contributed by atoms with E-state index in [0.29, 0.717) is 11.7 Å². The topological polar surface area (TPSA) is 71.7 Å². The molecule has 3 atom stereocenters. The van der Waals surface area contributed by atoms with E-state index in [4.69, 9.17) is 16.5 Å². The van der Waals surface area contributed by atoms with Gasteiger partial charge < -0.3 is 9.84 Å². The largest absolute Gasteiger partial charge is 0.394 e. The van der Waals surface area contributed by atoms with E-state index < -0.39 is 0 Å². The number of nitrogens with one attached hydrogen (secondary N) is 1. The van der Waals surface area contributed by atoms with Crippen molar-refractivity contribution in [3.63, 3.8) is 0 Å². The van der Waals surface area contributed by atoms with Crippen LogP contribution in [0.1, 0.15) is 25.1 Å². The predicted molar refractivity (Wildman–Crippen MR) is 70.9 cm³/mol. The van der Waals surface area contributed by atoms with E-state index in [0.717, 1.165) is 17.6 Å². The van der Waals surface area contributed by atoms with Crippen molar-refractivity contribution in [3.05, 3.63) is 24.2 Å². The molecule has 0 aromatic carbocycles. The number of halogens is 1. The first-order valence-corrected chi connectivity index (χ1v) is 6.58. The molecule has 1 fully saturated rings. The average Bonchev–Trinajstić information content (AvgIpc) is 3.01. The number of aliphatic hydroxyl groups is 1. The number of anilines is 1. The van der Waals surface area contributed by atoms with E-state index in [2.05, 4.69) is 21.8 Å². The summed E-state index contributed by atoms with van der Waals surface area (Å²) in [5, 5.41) is 13.5. The Morgan fingerprint density at radius 2 is 2.42 bits per heavy atom. The highest BCUT2D eigenvalue weighted by molar-refractivity contribution is 6.24. The fourth-order valence-electron chi connectivity index (χ4n) is 2.66. The van der Waals surface area contributed by atoms with Gasteiger partial charge in [0.15, 0.2) is 5.82 Å². The second-order valence-electron chi connectivity index (χ2n) is 4.83. The Balaban J connectivity index is 2.02. The van der Waals surface area contributed by atoms with E-state index in [9.17, 15) is 5.11 Å². The molecule has 0 bridgehead atoms. The normalized spacial score (nSPS) is 27.0. The van der Waals surface area contributed by atoms with Gasteiger partial charge in [-0.05, 0) is 24.5 Å². The van der Waals surface area contributed by atoms with Crippen LogP contribution in [0.15, 0.2) is 18.5 Å². The number of ether oxygens (including phenoxy) is 1. The molecule has 0 spiro atoms. The maximum atomic E-state index is 9.21. The van der Waals surface area contributed by atoms with Gasteiger partial charge in [0.25, 0.3) is 0 Å². The molecular formula is C12H15ClN4O2. The molecular weight excluding hydrogens is 268 g/mol. The lowest BCUT2D eigenvalue weighted by Crippen LogP contribution is -2.12. The van der Waals surface area contributed by atoms with Crippen molar-refractivity contribution >= 4 is 23.1 Å². The lowest BCUT2D eigenvalue weighted by molar-refractivity contribution is 0.00257. The van der Waals surface area contributed by atoms with Gasteiger partial charge in [-0.1, -0.05) is 6.92 Å². The molecule has 1 saturated heterocycles.